The van der Waals surface area contributed by atoms with Gasteiger partial charge in [-0.1, -0.05) is 13.8 Å². The van der Waals surface area contributed by atoms with Gasteiger partial charge in [0.05, 0.1) is 6.54 Å². The second kappa shape index (κ2) is 6.43. The summed E-state index contributed by atoms with van der Waals surface area (Å²) in [4.78, 5) is 4.41. The molecule has 0 saturated carbocycles. The highest BCUT2D eigenvalue weighted by molar-refractivity contribution is 5.30. The van der Waals surface area contributed by atoms with Crippen molar-refractivity contribution >= 4 is 0 Å². The molecule has 0 aromatic carbocycles. The lowest BCUT2D eigenvalue weighted by Gasteiger charge is -2.22. The van der Waals surface area contributed by atoms with Crippen molar-refractivity contribution in [2.75, 3.05) is 6.54 Å². The van der Waals surface area contributed by atoms with Gasteiger partial charge < -0.3 is 9.88 Å². The Bertz CT molecular complexity index is 583. The molecule has 0 bridgehead atoms. The zero-order chi connectivity index (χ0) is 14.7. The fraction of sp³-hybridized carbons (Fsp3) is 0.625. The predicted octanol–water partition coefficient (Wildman–Crippen LogP) is 2.52. The average Bonchev–Trinajstić information content (AvgIpc) is 3.07. The minimum absolute atomic E-state index is 0.522. The highest BCUT2D eigenvalue weighted by Crippen LogP contribution is 2.30. The van der Waals surface area contributed by atoms with E-state index in [0.717, 1.165) is 31.9 Å². The third-order valence-corrected chi connectivity index (χ3v) is 4.22. The number of hydrogen-bond donors (Lipinski definition) is 1. The zero-order valence-corrected chi connectivity index (χ0v) is 13.0. The first-order chi connectivity index (χ1) is 10.3. The second-order valence-electron chi connectivity index (χ2n) is 5.81. The predicted molar refractivity (Wildman–Crippen MR) is 83.2 cm³/mol. The molecule has 2 aromatic rings. The summed E-state index contributed by atoms with van der Waals surface area (Å²) in [5.41, 5.74) is 2.97. The summed E-state index contributed by atoms with van der Waals surface area (Å²) in [7, 11) is 0. The minimum atomic E-state index is 0.522. The summed E-state index contributed by atoms with van der Waals surface area (Å²) in [6.45, 7) is 7.13. The smallest absolute Gasteiger partial charge is 0.146 e. The molecule has 0 spiro atoms. The largest absolute Gasteiger partial charge is 0.346 e. The van der Waals surface area contributed by atoms with Gasteiger partial charge in [-0.05, 0) is 43.4 Å². The van der Waals surface area contributed by atoms with E-state index in [1.54, 1.807) is 6.33 Å². The molecule has 5 nitrogen and oxygen atoms in total. The van der Waals surface area contributed by atoms with Gasteiger partial charge in [-0.3, -0.25) is 0 Å². The highest BCUT2D eigenvalue weighted by Gasteiger charge is 2.21. The van der Waals surface area contributed by atoms with E-state index in [2.05, 4.69) is 46.2 Å². The molecule has 1 unspecified atom stereocenters. The molecule has 1 aliphatic rings. The van der Waals surface area contributed by atoms with Crippen molar-refractivity contribution in [1.29, 1.82) is 0 Å². The number of fused-ring (bicyclic) bond motifs is 1. The summed E-state index contributed by atoms with van der Waals surface area (Å²) in [5.74, 6) is 1.05. The van der Waals surface area contributed by atoms with Crippen LogP contribution in [-0.4, -0.2) is 25.9 Å². The summed E-state index contributed by atoms with van der Waals surface area (Å²) in [6.07, 6.45) is 11.1. The lowest BCUT2D eigenvalue weighted by molar-refractivity contribution is 0.473. The standard InChI is InChI=1S/C16H25N5/c1-3-8-21-16(18-12-19-21)11-20-9-13-6-5-7-15(17-4-2)14(13)10-20/h9-10,12,15,17H,3-8,11H2,1-2H3. The van der Waals surface area contributed by atoms with Crippen LogP contribution in [0.15, 0.2) is 18.7 Å². The van der Waals surface area contributed by atoms with Gasteiger partial charge in [0.25, 0.3) is 0 Å². The van der Waals surface area contributed by atoms with Crippen molar-refractivity contribution in [3.63, 3.8) is 0 Å². The van der Waals surface area contributed by atoms with Crippen LogP contribution in [0, 0.1) is 0 Å². The van der Waals surface area contributed by atoms with Crippen molar-refractivity contribution in [1.82, 2.24) is 24.6 Å². The summed E-state index contributed by atoms with van der Waals surface area (Å²) < 4.78 is 4.29. The van der Waals surface area contributed by atoms with Gasteiger partial charge in [-0.2, -0.15) is 5.10 Å². The van der Waals surface area contributed by atoms with E-state index in [0.29, 0.717) is 6.04 Å². The Hall–Kier alpha value is -1.62. The van der Waals surface area contributed by atoms with Crippen LogP contribution in [0.4, 0.5) is 0 Å². The number of nitrogens with one attached hydrogen (secondary N) is 1. The Balaban J connectivity index is 1.79. The van der Waals surface area contributed by atoms with Gasteiger partial charge >= 0.3 is 0 Å². The Morgan fingerprint density at radius 3 is 3.05 bits per heavy atom. The topological polar surface area (TPSA) is 47.7 Å². The van der Waals surface area contributed by atoms with Gasteiger partial charge in [0.2, 0.25) is 0 Å². The Labute approximate surface area is 126 Å². The summed E-state index contributed by atoms with van der Waals surface area (Å²) >= 11 is 0. The highest BCUT2D eigenvalue weighted by atomic mass is 15.3. The second-order valence-corrected chi connectivity index (χ2v) is 5.81. The van der Waals surface area contributed by atoms with E-state index in [-0.39, 0.29) is 0 Å². The lowest BCUT2D eigenvalue weighted by atomic mass is 9.91. The van der Waals surface area contributed by atoms with Crippen LogP contribution in [0.1, 0.15) is 56.1 Å². The van der Waals surface area contributed by atoms with Crippen molar-refractivity contribution in [3.05, 3.63) is 35.7 Å². The normalized spacial score (nSPS) is 17.9. The van der Waals surface area contributed by atoms with E-state index >= 15 is 0 Å². The molecular formula is C16H25N5. The van der Waals surface area contributed by atoms with E-state index < -0.39 is 0 Å². The molecule has 1 aliphatic carbocycles. The maximum Gasteiger partial charge on any atom is 0.146 e. The third-order valence-electron chi connectivity index (χ3n) is 4.22. The number of aryl methyl sites for hydroxylation is 2. The van der Waals surface area contributed by atoms with Gasteiger partial charge in [0, 0.05) is 25.0 Å². The first kappa shape index (κ1) is 14.3. The first-order valence-corrected chi connectivity index (χ1v) is 8.10. The van der Waals surface area contributed by atoms with Crippen LogP contribution in [0.5, 0.6) is 0 Å². The Morgan fingerprint density at radius 2 is 2.24 bits per heavy atom. The van der Waals surface area contributed by atoms with Gasteiger partial charge in [-0.25, -0.2) is 9.67 Å². The molecule has 0 radical (unpaired) electrons. The monoisotopic (exact) mass is 287 g/mol. The van der Waals surface area contributed by atoms with Crippen molar-refractivity contribution in [2.24, 2.45) is 0 Å². The average molecular weight is 287 g/mol. The van der Waals surface area contributed by atoms with Crippen LogP contribution in [0.2, 0.25) is 0 Å². The molecular weight excluding hydrogens is 262 g/mol. The molecule has 0 aliphatic heterocycles. The number of hydrogen-bond acceptors (Lipinski definition) is 3. The Morgan fingerprint density at radius 1 is 1.33 bits per heavy atom. The molecule has 0 amide bonds. The maximum absolute atomic E-state index is 4.41. The number of nitrogens with zero attached hydrogens (tertiary/aromatic N) is 4. The van der Waals surface area contributed by atoms with Crippen molar-refractivity contribution < 1.29 is 0 Å². The summed E-state index contributed by atoms with van der Waals surface area (Å²) in [6, 6.07) is 0.522. The molecule has 2 heterocycles. The van der Waals surface area contributed by atoms with E-state index in [1.165, 1.54) is 30.4 Å². The third kappa shape index (κ3) is 3.02. The van der Waals surface area contributed by atoms with Crippen LogP contribution in [-0.2, 0) is 19.5 Å². The molecule has 1 N–H and O–H groups in total. The van der Waals surface area contributed by atoms with E-state index in [1.807, 2.05) is 4.68 Å². The lowest BCUT2D eigenvalue weighted by Crippen LogP contribution is -2.23. The van der Waals surface area contributed by atoms with Crippen LogP contribution < -0.4 is 5.32 Å². The first-order valence-electron chi connectivity index (χ1n) is 8.10. The molecule has 21 heavy (non-hydrogen) atoms. The SMILES string of the molecule is CCCn1ncnc1Cn1cc2c(c1)C(NCC)CCC2. The van der Waals surface area contributed by atoms with Gasteiger partial charge in [-0.15, -0.1) is 0 Å². The molecule has 0 fully saturated rings. The fourth-order valence-corrected chi connectivity index (χ4v) is 3.27. The molecule has 114 valence electrons. The Kier molecular flexibility index (Phi) is 4.39. The number of aromatic nitrogens is 4. The van der Waals surface area contributed by atoms with Gasteiger partial charge in [0.15, 0.2) is 0 Å². The maximum atomic E-state index is 4.41. The molecule has 2 aromatic heterocycles. The zero-order valence-electron chi connectivity index (χ0n) is 13.0. The molecule has 1 atom stereocenters. The van der Waals surface area contributed by atoms with Gasteiger partial charge in [0.1, 0.15) is 12.2 Å². The van der Waals surface area contributed by atoms with E-state index in [4.69, 9.17) is 0 Å². The van der Waals surface area contributed by atoms with Crippen LogP contribution >= 0.6 is 0 Å². The summed E-state index contributed by atoms with van der Waals surface area (Å²) in [5, 5.41) is 7.91. The quantitative estimate of drug-likeness (QED) is 0.888. The minimum Gasteiger partial charge on any atom is -0.346 e. The van der Waals surface area contributed by atoms with Crippen molar-refractivity contribution in [2.45, 2.75) is 58.7 Å². The van der Waals surface area contributed by atoms with E-state index in [9.17, 15) is 0 Å². The molecule has 5 heteroatoms. The number of rotatable bonds is 6. The van der Waals surface area contributed by atoms with Crippen molar-refractivity contribution in [3.8, 4) is 0 Å². The van der Waals surface area contributed by atoms with Crippen LogP contribution in [0.25, 0.3) is 0 Å². The van der Waals surface area contributed by atoms with Crippen LogP contribution in [0.3, 0.4) is 0 Å². The fourth-order valence-electron chi connectivity index (χ4n) is 3.27. The molecule has 0 saturated heterocycles. The molecule has 3 rings (SSSR count).